The van der Waals surface area contributed by atoms with Crippen molar-refractivity contribution in [1.29, 1.82) is 0 Å². The van der Waals surface area contributed by atoms with E-state index in [1.807, 2.05) is 12.1 Å². The molecule has 0 aliphatic rings. The van der Waals surface area contributed by atoms with E-state index in [0.29, 0.717) is 0 Å². The van der Waals surface area contributed by atoms with Crippen LogP contribution in [0.5, 0.6) is 0 Å². The summed E-state index contributed by atoms with van der Waals surface area (Å²) in [5.74, 6) is 0. The van der Waals surface area contributed by atoms with Gasteiger partial charge < -0.3 is 10.2 Å². The summed E-state index contributed by atoms with van der Waals surface area (Å²) in [5, 5.41) is 4.31. The van der Waals surface area contributed by atoms with Crippen LogP contribution < -0.4 is 5.32 Å². The zero-order valence-electron chi connectivity index (χ0n) is 11.8. The molecule has 18 heavy (non-hydrogen) atoms. The molecule has 0 radical (unpaired) electrons. The quantitative estimate of drug-likeness (QED) is 0.727. The maximum absolute atomic E-state index is 5.94. The van der Waals surface area contributed by atoms with Gasteiger partial charge in [0.1, 0.15) is 0 Å². The summed E-state index contributed by atoms with van der Waals surface area (Å²) >= 11 is 5.94. The molecule has 0 fully saturated rings. The highest BCUT2D eigenvalue weighted by Gasteiger charge is 2.00. The van der Waals surface area contributed by atoms with Gasteiger partial charge in [-0.3, -0.25) is 0 Å². The highest BCUT2D eigenvalue weighted by molar-refractivity contribution is 6.30. The molecule has 0 saturated heterocycles. The highest BCUT2D eigenvalue weighted by atomic mass is 35.5. The fraction of sp³-hybridized carbons (Fsp3) is 0.600. The molecule has 1 aromatic rings. The second kappa shape index (κ2) is 8.52. The van der Waals surface area contributed by atoms with E-state index >= 15 is 0 Å². The Morgan fingerprint density at radius 2 is 1.94 bits per heavy atom. The summed E-state index contributed by atoms with van der Waals surface area (Å²) in [5.41, 5.74) is 2.60. The van der Waals surface area contributed by atoms with E-state index in [4.69, 9.17) is 11.6 Å². The van der Waals surface area contributed by atoms with Crippen molar-refractivity contribution in [3.63, 3.8) is 0 Å². The van der Waals surface area contributed by atoms with E-state index in [-0.39, 0.29) is 0 Å². The summed E-state index contributed by atoms with van der Waals surface area (Å²) in [6.45, 7) is 12.0. The third kappa shape index (κ3) is 5.38. The first-order valence-electron chi connectivity index (χ1n) is 6.85. The lowest BCUT2D eigenvalue weighted by Crippen LogP contribution is -2.27. The Kier molecular flexibility index (Phi) is 7.33. The Morgan fingerprint density at radius 3 is 2.56 bits per heavy atom. The first kappa shape index (κ1) is 15.5. The minimum Gasteiger partial charge on any atom is -0.313 e. The molecule has 0 bridgehead atoms. The largest absolute Gasteiger partial charge is 0.313 e. The van der Waals surface area contributed by atoms with Crippen LogP contribution >= 0.6 is 11.6 Å². The van der Waals surface area contributed by atoms with Crippen molar-refractivity contribution < 1.29 is 0 Å². The van der Waals surface area contributed by atoms with Gasteiger partial charge in [-0.15, -0.1) is 0 Å². The SMILES string of the molecule is CCN(CC)CCCNCc1ccc(Cl)cc1C. The van der Waals surface area contributed by atoms with Crippen molar-refractivity contribution in [2.75, 3.05) is 26.2 Å². The molecule has 1 aromatic carbocycles. The van der Waals surface area contributed by atoms with Crippen LogP contribution in [0.25, 0.3) is 0 Å². The van der Waals surface area contributed by atoms with Gasteiger partial charge in [-0.2, -0.15) is 0 Å². The molecule has 0 aliphatic heterocycles. The Bertz CT molecular complexity index is 348. The molecule has 0 aliphatic carbocycles. The van der Waals surface area contributed by atoms with E-state index in [1.54, 1.807) is 0 Å². The van der Waals surface area contributed by atoms with Crippen LogP contribution in [0.3, 0.4) is 0 Å². The number of aryl methyl sites for hydroxylation is 1. The van der Waals surface area contributed by atoms with Crippen LogP contribution in [0.2, 0.25) is 5.02 Å². The molecule has 3 heteroatoms. The number of rotatable bonds is 8. The fourth-order valence-electron chi connectivity index (χ4n) is 2.05. The minimum atomic E-state index is 0.817. The van der Waals surface area contributed by atoms with Crippen molar-refractivity contribution in [2.24, 2.45) is 0 Å². The standard InChI is InChI=1S/C15H25ClN2/c1-4-18(5-2)10-6-9-17-12-14-7-8-15(16)11-13(14)3/h7-8,11,17H,4-6,9-10,12H2,1-3H3. The summed E-state index contributed by atoms with van der Waals surface area (Å²) in [6, 6.07) is 6.09. The average Bonchev–Trinajstić information content (AvgIpc) is 2.36. The van der Waals surface area contributed by atoms with Gasteiger partial charge in [0, 0.05) is 11.6 Å². The maximum atomic E-state index is 5.94. The van der Waals surface area contributed by atoms with Crippen molar-refractivity contribution in [3.8, 4) is 0 Å². The fourth-order valence-corrected chi connectivity index (χ4v) is 2.27. The first-order valence-corrected chi connectivity index (χ1v) is 7.23. The Hall–Kier alpha value is -0.570. The van der Waals surface area contributed by atoms with E-state index in [0.717, 1.165) is 31.2 Å². The molecule has 1 N–H and O–H groups in total. The number of nitrogens with one attached hydrogen (secondary N) is 1. The molecule has 0 heterocycles. The van der Waals surface area contributed by atoms with Crippen molar-refractivity contribution >= 4 is 11.6 Å². The highest BCUT2D eigenvalue weighted by Crippen LogP contribution is 2.14. The lowest BCUT2D eigenvalue weighted by Gasteiger charge is -2.17. The van der Waals surface area contributed by atoms with Gasteiger partial charge in [0.2, 0.25) is 0 Å². The van der Waals surface area contributed by atoms with E-state index in [9.17, 15) is 0 Å². The molecular weight excluding hydrogens is 244 g/mol. The monoisotopic (exact) mass is 268 g/mol. The van der Waals surface area contributed by atoms with Crippen LogP contribution in [0.4, 0.5) is 0 Å². The number of halogens is 1. The molecule has 0 unspecified atom stereocenters. The maximum Gasteiger partial charge on any atom is 0.0408 e. The number of benzene rings is 1. The average molecular weight is 269 g/mol. The van der Waals surface area contributed by atoms with Gasteiger partial charge in [-0.1, -0.05) is 31.5 Å². The first-order chi connectivity index (χ1) is 8.67. The van der Waals surface area contributed by atoms with Crippen LogP contribution in [0, 0.1) is 6.92 Å². The molecule has 0 saturated carbocycles. The zero-order valence-corrected chi connectivity index (χ0v) is 12.6. The third-order valence-corrected chi connectivity index (χ3v) is 3.58. The van der Waals surface area contributed by atoms with Gasteiger partial charge >= 0.3 is 0 Å². The number of hydrogen-bond acceptors (Lipinski definition) is 2. The Morgan fingerprint density at radius 1 is 1.22 bits per heavy atom. The molecular formula is C15H25ClN2. The summed E-state index contributed by atoms with van der Waals surface area (Å²) in [4.78, 5) is 2.45. The van der Waals surface area contributed by atoms with Gasteiger partial charge in [0.05, 0.1) is 0 Å². The van der Waals surface area contributed by atoms with Crippen LogP contribution in [0.15, 0.2) is 18.2 Å². The van der Waals surface area contributed by atoms with Gasteiger partial charge in [-0.25, -0.2) is 0 Å². The normalized spacial score (nSPS) is 11.2. The second-order valence-electron chi connectivity index (χ2n) is 4.63. The van der Waals surface area contributed by atoms with E-state index in [2.05, 4.69) is 37.1 Å². The summed E-state index contributed by atoms with van der Waals surface area (Å²) in [6.07, 6.45) is 1.20. The molecule has 0 atom stereocenters. The minimum absolute atomic E-state index is 0.817. The van der Waals surface area contributed by atoms with Crippen molar-refractivity contribution in [2.45, 2.75) is 33.7 Å². The summed E-state index contributed by atoms with van der Waals surface area (Å²) < 4.78 is 0. The molecule has 0 spiro atoms. The summed E-state index contributed by atoms with van der Waals surface area (Å²) in [7, 11) is 0. The lowest BCUT2D eigenvalue weighted by molar-refractivity contribution is 0.298. The smallest absolute Gasteiger partial charge is 0.0408 e. The van der Waals surface area contributed by atoms with Crippen LogP contribution in [0.1, 0.15) is 31.4 Å². The van der Waals surface area contributed by atoms with Gasteiger partial charge in [0.15, 0.2) is 0 Å². The molecule has 0 aromatic heterocycles. The predicted octanol–water partition coefficient (Wildman–Crippen LogP) is 3.47. The number of nitrogens with zero attached hydrogens (tertiary/aromatic N) is 1. The molecule has 2 nitrogen and oxygen atoms in total. The van der Waals surface area contributed by atoms with Crippen LogP contribution in [-0.2, 0) is 6.54 Å². The van der Waals surface area contributed by atoms with E-state index < -0.39 is 0 Å². The second-order valence-corrected chi connectivity index (χ2v) is 5.06. The topological polar surface area (TPSA) is 15.3 Å². The molecule has 102 valence electrons. The van der Waals surface area contributed by atoms with Crippen molar-refractivity contribution in [1.82, 2.24) is 10.2 Å². The lowest BCUT2D eigenvalue weighted by atomic mass is 10.1. The van der Waals surface area contributed by atoms with Gasteiger partial charge in [-0.05, 0) is 62.8 Å². The predicted molar refractivity (Wildman–Crippen MR) is 80.3 cm³/mol. The van der Waals surface area contributed by atoms with E-state index in [1.165, 1.54) is 24.1 Å². The Labute approximate surface area is 116 Å². The number of hydrogen-bond donors (Lipinski definition) is 1. The molecule has 1 rings (SSSR count). The third-order valence-electron chi connectivity index (χ3n) is 3.34. The Balaban J connectivity index is 2.21. The van der Waals surface area contributed by atoms with Crippen molar-refractivity contribution in [3.05, 3.63) is 34.3 Å². The van der Waals surface area contributed by atoms with Crippen LogP contribution in [-0.4, -0.2) is 31.1 Å². The van der Waals surface area contributed by atoms with Gasteiger partial charge in [0.25, 0.3) is 0 Å². The molecule has 0 amide bonds. The zero-order chi connectivity index (χ0) is 13.4.